The quantitative estimate of drug-likeness (QED) is 0.708. The summed E-state index contributed by atoms with van der Waals surface area (Å²) in [5.74, 6) is -0.0322. The van der Waals surface area contributed by atoms with Gasteiger partial charge in [-0.15, -0.1) is 0 Å². The second-order valence-corrected chi connectivity index (χ2v) is 3.35. The van der Waals surface area contributed by atoms with E-state index in [4.69, 9.17) is 5.11 Å². The van der Waals surface area contributed by atoms with E-state index in [-0.39, 0.29) is 11.8 Å². The molecule has 0 saturated carbocycles. The molecular formula is C10H15N3O3. The standard InChI is InChI=1S/C10H15N3O3/c1-7(14)3-4-12-9-6-11-5-8(13-9)10(15)16-2/h5-7,14H,3-4H2,1-2H3,(H,12,13). The largest absolute Gasteiger partial charge is 0.464 e. The van der Waals surface area contributed by atoms with Gasteiger partial charge in [0.15, 0.2) is 5.69 Å². The van der Waals surface area contributed by atoms with Crippen molar-refractivity contribution >= 4 is 11.8 Å². The van der Waals surface area contributed by atoms with Crippen molar-refractivity contribution in [3.8, 4) is 0 Å². The summed E-state index contributed by atoms with van der Waals surface area (Å²) in [5, 5.41) is 12.0. The molecule has 0 bridgehead atoms. The number of hydrogen-bond donors (Lipinski definition) is 2. The van der Waals surface area contributed by atoms with Crippen LogP contribution >= 0.6 is 0 Å². The first-order valence-corrected chi connectivity index (χ1v) is 4.95. The summed E-state index contributed by atoms with van der Waals surface area (Å²) in [6, 6.07) is 0. The molecule has 1 unspecified atom stereocenters. The maximum atomic E-state index is 11.2. The van der Waals surface area contributed by atoms with Crippen LogP contribution in [0, 0.1) is 0 Å². The van der Waals surface area contributed by atoms with E-state index in [1.807, 2.05) is 0 Å². The van der Waals surface area contributed by atoms with E-state index in [0.29, 0.717) is 18.8 Å². The predicted molar refractivity (Wildman–Crippen MR) is 58.2 cm³/mol. The Kier molecular flexibility index (Phi) is 4.65. The Labute approximate surface area is 93.7 Å². The monoisotopic (exact) mass is 225 g/mol. The predicted octanol–water partition coefficient (Wildman–Crippen LogP) is 0.446. The van der Waals surface area contributed by atoms with E-state index < -0.39 is 5.97 Å². The minimum Gasteiger partial charge on any atom is -0.464 e. The molecule has 0 saturated heterocycles. The lowest BCUT2D eigenvalue weighted by Crippen LogP contribution is -2.12. The Morgan fingerprint density at radius 2 is 2.38 bits per heavy atom. The van der Waals surface area contributed by atoms with Crippen LogP contribution < -0.4 is 5.32 Å². The fraction of sp³-hybridized carbons (Fsp3) is 0.500. The molecule has 0 spiro atoms. The van der Waals surface area contributed by atoms with Crippen LogP contribution in [0.4, 0.5) is 5.82 Å². The number of carbonyl (C=O) groups excluding carboxylic acids is 1. The van der Waals surface area contributed by atoms with E-state index in [2.05, 4.69) is 20.0 Å². The molecule has 88 valence electrons. The molecule has 0 radical (unpaired) electrons. The number of anilines is 1. The first-order chi connectivity index (χ1) is 7.63. The lowest BCUT2D eigenvalue weighted by Gasteiger charge is -2.07. The lowest BCUT2D eigenvalue weighted by atomic mass is 10.3. The third kappa shape index (κ3) is 3.82. The molecular weight excluding hydrogens is 210 g/mol. The van der Waals surface area contributed by atoms with E-state index in [9.17, 15) is 4.79 Å². The normalized spacial score (nSPS) is 11.9. The van der Waals surface area contributed by atoms with E-state index >= 15 is 0 Å². The number of carbonyl (C=O) groups is 1. The highest BCUT2D eigenvalue weighted by molar-refractivity contribution is 5.87. The van der Waals surface area contributed by atoms with Crippen LogP contribution in [0.25, 0.3) is 0 Å². The zero-order valence-electron chi connectivity index (χ0n) is 9.30. The van der Waals surface area contributed by atoms with Crippen LogP contribution in [0.15, 0.2) is 12.4 Å². The van der Waals surface area contributed by atoms with E-state index in [1.165, 1.54) is 19.5 Å². The number of nitrogens with one attached hydrogen (secondary N) is 1. The fourth-order valence-corrected chi connectivity index (χ4v) is 1.06. The van der Waals surface area contributed by atoms with Crippen LogP contribution in [0.3, 0.4) is 0 Å². The second-order valence-electron chi connectivity index (χ2n) is 3.35. The summed E-state index contributed by atoms with van der Waals surface area (Å²) < 4.78 is 4.52. The third-order valence-corrected chi connectivity index (χ3v) is 1.90. The Bertz CT molecular complexity index is 355. The van der Waals surface area contributed by atoms with Gasteiger partial charge in [0.2, 0.25) is 0 Å². The van der Waals surface area contributed by atoms with E-state index in [1.54, 1.807) is 6.92 Å². The van der Waals surface area contributed by atoms with Gasteiger partial charge in [0.25, 0.3) is 0 Å². The molecule has 0 amide bonds. The first-order valence-electron chi connectivity index (χ1n) is 4.95. The van der Waals surface area contributed by atoms with Gasteiger partial charge < -0.3 is 15.2 Å². The van der Waals surface area contributed by atoms with Crippen molar-refractivity contribution in [2.45, 2.75) is 19.4 Å². The average Bonchev–Trinajstić information content (AvgIpc) is 2.28. The zero-order chi connectivity index (χ0) is 12.0. The van der Waals surface area contributed by atoms with Gasteiger partial charge in [0.1, 0.15) is 5.82 Å². The highest BCUT2D eigenvalue weighted by atomic mass is 16.5. The molecule has 1 aromatic heterocycles. The summed E-state index contributed by atoms with van der Waals surface area (Å²) in [7, 11) is 1.29. The van der Waals surface area contributed by atoms with Crippen molar-refractivity contribution in [2.24, 2.45) is 0 Å². The fourth-order valence-electron chi connectivity index (χ4n) is 1.06. The Balaban J connectivity index is 2.57. The second kappa shape index (κ2) is 6.02. The molecule has 6 nitrogen and oxygen atoms in total. The Hall–Kier alpha value is -1.69. The number of aromatic nitrogens is 2. The van der Waals surface area contributed by atoms with E-state index in [0.717, 1.165) is 0 Å². The highest BCUT2D eigenvalue weighted by Crippen LogP contribution is 2.03. The number of aliphatic hydroxyl groups excluding tert-OH is 1. The molecule has 1 aromatic rings. The molecule has 0 fully saturated rings. The summed E-state index contributed by atoms with van der Waals surface area (Å²) in [5.41, 5.74) is 0.157. The van der Waals surface area contributed by atoms with Gasteiger partial charge in [-0.1, -0.05) is 0 Å². The number of hydrogen-bond acceptors (Lipinski definition) is 6. The summed E-state index contributed by atoms with van der Waals surface area (Å²) >= 11 is 0. The molecule has 0 aliphatic rings. The summed E-state index contributed by atoms with van der Waals surface area (Å²) in [6.45, 7) is 2.27. The SMILES string of the molecule is COC(=O)c1cncc(NCCC(C)O)n1. The lowest BCUT2D eigenvalue weighted by molar-refractivity contribution is 0.0593. The smallest absolute Gasteiger partial charge is 0.358 e. The van der Waals surface area contributed by atoms with Gasteiger partial charge in [-0.05, 0) is 13.3 Å². The number of nitrogens with zero attached hydrogens (tertiary/aromatic N) is 2. The van der Waals surface area contributed by atoms with Crippen LogP contribution in [-0.2, 0) is 4.74 Å². The number of esters is 1. The number of ether oxygens (including phenoxy) is 1. The van der Waals surface area contributed by atoms with Crippen LogP contribution in [0.2, 0.25) is 0 Å². The Morgan fingerprint density at radius 1 is 1.62 bits per heavy atom. The van der Waals surface area contributed by atoms with Crippen molar-refractivity contribution in [2.75, 3.05) is 19.0 Å². The number of methoxy groups -OCH3 is 1. The first kappa shape index (κ1) is 12.4. The maximum Gasteiger partial charge on any atom is 0.358 e. The van der Waals surface area contributed by atoms with Crippen molar-refractivity contribution in [1.29, 1.82) is 0 Å². The molecule has 1 atom stereocenters. The van der Waals surface area contributed by atoms with Gasteiger partial charge in [-0.2, -0.15) is 0 Å². The molecule has 0 aliphatic carbocycles. The molecule has 2 N–H and O–H groups in total. The third-order valence-electron chi connectivity index (χ3n) is 1.90. The van der Waals surface area contributed by atoms with Gasteiger partial charge in [-0.25, -0.2) is 9.78 Å². The average molecular weight is 225 g/mol. The van der Waals surface area contributed by atoms with Gasteiger partial charge in [0.05, 0.1) is 25.6 Å². The van der Waals surface area contributed by atoms with Crippen molar-refractivity contribution in [3.63, 3.8) is 0 Å². The minimum atomic E-state index is -0.522. The van der Waals surface area contributed by atoms with Crippen molar-refractivity contribution in [1.82, 2.24) is 9.97 Å². The van der Waals surface area contributed by atoms with Crippen molar-refractivity contribution < 1.29 is 14.6 Å². The van der Waals surface area contributed by atoms with Crippen LogP contribution in [-0.4, -0.2) is 40.8 Å². The molecule has 0 aromatic carbocycles. The number of aliphatic hydroxyl groups is 1. The summed E-state index contributed by atoms with van der Waals surface area (Å²) in [6.07, 6.45) is 3.08. The van der Waals surface area contributed by atoms with Crippen molar-refractivity contribution in [3.05, 3.63) is 18.1 Å². The molecule has 0 aliphatic heterocycles. The molecule has 6 heteroatoms. The van der Waals surface area contributed by atoms with Crippen LogP contribution in [0.1, 0.15) is 23.8 Å². The Morgan fingerprint density at radius 3 is 3.00 bits per heavy atom. The topological polar surface area (TPSA) is 84.3 Å². The molecule has 16 heavy (non-hydrogen) atoms. The molecule has 1 rings (SSSR count). The zero-order valence-corrected chi connectivity index (χ0v) is 9.30. The molecule has 1 heterocycles. The van der Waals surface area contributed by atoms with Crippen LogP contribution in [0.5, 0.6) is 0 Å². The summed E-state index contributed by atoms with van der Waals surface area (Å²) in [4.78, 5) is 19.0. The maximum absolute atomic E-state index is 11.2. The minimum absolute atomic E-state index is 0.157. The van der Waals surface area contributed by atoms with Gasteiger partial charge in [0, 0.05) is 6.54 Å². The van der Waals surface area contributed by atoms with Gasteiger partial charge in [-0.3, -0.25) is 4.98 Å². The van der Waals surface area contributed by atoms with Gasteiger partial charge >= 0.3 is 5.97 Å². The highest BCUT2D eigenvalue weighted by Gasteiger charge is 2.08. The number of rotatable bonds is 5.